The predicted molar refractivity (Wildman–Crippen MR) is 74.4 cm³/mol. The maximum Gasteiger partial charge on any atom is 0.320 e. The Morgan fingerprint density at radius 2 is 2.00 bits per heavy atom. The fourth-order valence-corrected chi connectivity index (χ4v) is 3.65. The van der Waals surface area contributed by atoms with E-state index in [1.54, 1.807) is 4.90 Å². The average Bonchev–Trinajstić information content (AvgIpc) is 3.24. The van der Waals surface area contributed by atoms with Gasteiger partial charge in [0.15, 0.2) is 0 Å². The maximum absolute atomic E-state index is 12.5. The van der Waals surface area contributed by atoms with Gasteiger partial charge in [-0.1, -0.05) is 13.3 Å². The molecule has 0 radical (unpaired) electrons. The molecule has 0 aromatic carbocycles. The molecule has 2 amide bonds. The lowest BCUT2D eigenvalue weighted by Crippen LogP contribution is -2.54. The van der Waals surface area contributed by atoms with Gasteiger partial charge in [0.1, 0.15) is 6.04 Å². The monoisotopic (exact) mass is 294 g/mol. The number of aliphatic carboxylic acids is 1. The number of carboxylic acid groups (broad SMARTS) is 1. The number of carbonyl (C=O) groups excluding carboxylic acids is 2. The summed E-state index contributed by atoms with van der Waals surface area (Å²) in [7, 11) is 0. The summed E-state index contributed by atoms with van der Waals surface area (Å²) < 4.78 is 0. The summed E-state index contributed by atoms with van der Waals surface area (Å²) in [5.74, 6) is -0.787. The number of nitrogens with zero attached hydrogens (tertiary/aromatic N) is 2. The largest absolute Gasteiger partial charge is 0.480 e. The number of carboxylic acids is 1. The third kappa shape index (κ3) is 2.57. The average molecular weight is 294 g/mol. The van der Waals surface area contributed by atoms with Gasteiger partial charge >= 0.3 is 5.97 Å². The molecule has 6 heteroatoms. The van der Waals surface area contributed by atoms with Gasteiger partial charge in [0.25, 0.3) is 0 Å². The Bertz CT molecular complexity index is 474. The molecule has 21 heavy (non-hydrogen) atoms. The fraction of sp³-hybridized carbons (Fsp3) is 0.800. The lowest BCUT2D eigenvalue weighted by molar-refractivity contribution is -0.149. The predicted octanol–water partition coefficient (Wildman–Crippen LogP) is 0.851. The minimum Gasteiger partial charge on any atom is -0.480 e. The quantitative estimate of drug-likeness (QED) is 0.778. The molecule has 2 heterocycles. The summed E-state index contributed by atoms with van der Waals surface area (Å²) in [5, 5.41) is 9.47. The molecule has 3 rings (SSSR count). The first-order valence-corrected chi connectivity index (χ1v) is 7.87. The molecule has 1 saturated carbocycles. The van der Waals surface area contributed by atoms with Gasteiger partial charge in [0, 0.05) is 12.6 Å². The van der Waals surface area contributed by atoms with Crippen molar-refractivity contribution in [3.8, 4) is 0 Å². The summed E-state index contributed by atoms with van der Waals surface area (Å²) >= 11 is 0. The van der Waals surface area contributed by atoms with Crippen molar-refractivity contribution in [1.82, 2.24) is 9.80 Å². The summed E-state index contributed by atoms with van der Waals surface area (Å²) in [6.45, 7) is 2.66. The number of imide groups is 1. The van der Waals surface area contributed by atoms with Crippen LogP contribution in [0.1, 0.15) is 45.4 Å². The molecule has 3 unspecified atom stereocenters. The minimum atomic E-state index is -0.877. The van der Waals surface area contributed by atoms with Crippen molar-refractivity contribution in [2.24, 2.45) is 5.92 Å². The topological polar surface area (TPSA) is 77.9 Å². The van der Waals surface area contributed by atoms with Crippen molar-refractivity contribution in [2.75, 3.05) is 6.54 Å². The molecule has 3 aliphatic rings. The van der Waals surface area contributed by atoms with E-state index in [-0.39, 0.29) is 24.3 Å². The van der Waals surface area contributed by atoms with Crippen LogP contribution in [-0.2, 0) is 14.4 Å². The van der Waals surface area contributed by atoms with Crippen LogP contribution in [-0.4, -0.2) is 57.4 Å². The van der Waals surface area contributed by atoms with Crippen LogP contribution in [0.15, 0.2) is 0 Å². The third-order valence-corrected chi connectivity index (χ3v) is 5.09. The van der Waals surface area contributed by atoms with Crippen LogP contribution in [0.2, 0.25) is 0 Å². The zero-order chi connectivity index (χ0) is 15.1. The third-order valence-electron chi connectivity index (χ3n) is 5.09. The standard InChI is InChI=1S/C15H22N2O4/c1-2-9-5-6-16(12(7-9)15(20)21)11-8-13(18)17(14(11)19)10-3-4-10/h9-12H,2-8H2,1H3,(H,20,21). The number of hydrogen-bond donors (Lipinski definition) is 1. The molecule has 0 aromatic rings. The van der Waals surface area contributed by atoms with Crippen LogP contribution < -0.4 is 0 Å². The van der Waals surface area contributed by atoms with E-state index < -0.39 is 18.1 Å². The van der Waals surface area contributed by atoms with E-state index in [4.69, 9.17) is 0 Å². The molecule has 2 saturated heterocycles. The molecule has 0 spiro atoms. The van der Waals surface area contributed by atoms with E-state index in [0.717, 1.165) is 25.7 Å². The Morgan fingerprint density at radius 1 is 1.29 bits per heavy atom. The van der Waals surface area contributed by atoms with Gasteiger partial charge in [-0.3, -0.25) is 24.2 Å². The molecule has 1 aliphatic carbocycles. The molecule has 3 fully saturated rings. The van der Waals surface area contributed by atoms with Crippen LogP contribution in [0.25, 0.3) is 0 Å². The summed E-state index contributed by atoms with van der Waals surface area (Å²) in [6, 6.07) is -1.12. The van der Waals surface area contributed by atoms with Gasteiger partial charge in [0.2, 0.25) is 11.8 Å². The first-order chi connectivity index (χ1) is 10.0. The Morgan fingerprint density at radius 3 is 2.57 bits per heavy atom. The van der Waals surface area contributed by atoms with Gasteiger partial charge in [-0.25, -0.2) is 0 Å². The number of likely N-dealkylation sites (tertiary alicyclic amines) is 2. The molecule has 2 aliphatic heterocycles. The normalized spacial score (nSPS) is 34.5. The number of rotatable bonds is 4. The zero-order valence-corrected chi connectivity index (χ0v) is 12.3. The van der Waals surface area contributed by atoms with Gasteiger partial charge in [-0.2, -0.15) is 0 Å². The van der Waals surface area contributed by atoms with Crippen LogP contribution in [0.3, 0.4) is 0 Å². The highest BCUT2D eigenvalue weighted by atomic mass is 16.4. The second kappa shape index (κ2) is 5.40. The first-order valence-electron chi connectivity index (χ1n) is 7.87. The molecule has 116 valence electrons. The van der Waals surface area contributed by atoms with Gasteiger partial charge in [-0.05, 0) is 31.6 Å². The lowest BCUT2D eigenvalue weighted by atomic mass is 9.87. The molecule has 6 nitrogen and oxygen atoms in total. The number of hydrogen-bond acceptors (Lipinski definition) is 4. The van der Waals surface area contributed by atoms with Crippen molar-refractivity contribution >= 4 is 17.8 Å². The number of piperidine rings is 1. The Balaban J connectivity index is 1.77. The molecular weight excluding hydrogens is 272 g/mol. The first kappa shape index (κ1) is 14.5. The van der Waals surface area contributed by atoms with E-state index in [2.05, 4.69) is 6.92 Å². The second-order valence-corrected chi connectivity index (χ2v) is 6.44. The summed E-state index contributed by atoms with van der Waals surface area (Å²) in [4.78, 5) is 39.2. The van der Waals surface area contributed by atoms with Gasteiger partial charge in [0.05, 0.1) is 12.5 Å². The fourth-order valence-electron chi connectivity index (χ4n) is 3.65. The summed E-state index contributed by atoms with van der Waals surface area (Å²) in [6.07, 6.45) is 4.38. The Hall–Kier alpha value is -1.43. The molecule has 0 bridgehead atoms. The van der Waals surface area contributed by atoms with E-state index in [0.29, 0.717) is 18.9 Å². The highest BCUT2D eigenvalue weighted by Gasteiger charge is 2.50. The zero-order valence-electron chi connectivity index (χ0n) is 12.3. The van der Waals surface area contributed by atoms with Crippen molar-refractivity contribution < 1.29 is 19.5 Å². The SMILES string of the molecule is CCC1CCN(C2CC(=O)N(C3CC3)C2=O)C(C(=O)O)C1. The minimum absolute atomic E-state index is 0.0754. The van der Waals surface area contributed by atoms with Crippen LogP contribution in [0.4, 0.5) is 0 Å². The molecule has 1 N–H and O–H groups in total. The second-order valence-electron chi connectivity index (χ2n) is 6.44. The van der Waals surface area contributed by atoms with Gasteiger partial charge in [-0.15, -0.1) is 0 Å². The van der Waals surface area contributed by atoms with Crippen molar-refractivity contribution in [2.45, 2.75) is 63.6 Å². The highest BCUT2D eigenvalue weighted by molar-refractivity contribution is 6.06. The number of carbonyl (C=O) groups is 3. The van der Waals surface area contributed by atoms with Crippen LogP contribution in [0.5, 0.6) is 0 Å². The van der Waals surface area contributed by atoms with Gasteiger partial charge < -0.3 is 5.11 Å². The van der Waals surface area contributed by atoms with Crippen LogP contribution >= 0.6 is 0 Å². The molecular formula is C15H22N2O4. The van der Waals surface area contributed by atoms with E-state index in [9.17, 15) is 19.5 Å². The number of amides is 2. The Labute approximate surface area is 124 Å². The summed E-state index contributed by atoms with van der Waals surface area (Å²) in [5.41, 5.74) is 0. The van der Waals surface area contributed by atoms with E-state index in [1.165, 1.54) is 4.90 Å². The Kier molecular flexibility index (Phi) is 3.73. The van der Waals surface area contributed by atoms with Crippen LogP contribution in [0, 0.1) is 5.92 Å². The highest BCUT2D eigenvalue weighted by Crippen LogP contribution is 2.35. The van der Waals surface area contributed by atoms with Crippen molar-refractivity contribution in [3.05, 3.63) is 0 Å². The van der Waals surface area contributed by atoms with E-state index in [1.807, 2.05) is 0 Å². The maximum atomic E-state index is 12.5. The lowest BCUT2D eigenvalue weighted by Gasteiger charge is -2.39. The molecule has 3 atom stereocenters. The smallest absolute Gasteiger partial charge is 0.320 e. The van der Waals surface area contributed by atoms with Crippen molar-refractivity contribution in [1.29, 1.82) is 0 Å². The molecule has 0 aromatic heterocycles. The van der Waals surface area contributed by atoms with Crippen molar-refractivity contribution in [3.63, 3.8) is 0 Å². The van der Waals surface area contributed by atoms with E-state index >= 15 is 0 Å².